The third-order valence-electron chi connectivity index (χ3n) is 1.42. The number of hydrogen-bond donors (Lipinski definition) is 0. The smallest absolute Gasteiger partial charge is 0.0224 e. The predicted molar refractivity (Wildman–Crippen MR) is 47.4 cm³/mol. The van der Waals surface area contributed by atoms with Gasteiger partial charge in [-0.25, -0.2) is 0 Å². The van der Waals surface area contributed by atoms with Crippen molar-refractivity contribution in [3.05, 3.63) is 12.3 Å². The summed E-state index contributed by atoms with van der Waals surface area (Å²) in [6.07, 6.45) is 4.87. The van der Waals surface area contributed by atoms with Crippen molar-refractivity contribution in [3.8, 4) is 0 Å². The Labute approximate surface area is 63.9 Å². The van der Waals surface area contributed by atoms with Gasteiger partial charge in [-0.3, -0.25) is 4.99 Å². The molecule has 0 spiro atoms. The maximum absolute atomic E-state index is 4.30. The summed E-state index contributed by atoms with van der Waals surface area (Å²) in [4.78, 5) is 4.30. The summed E-state index contributed by atoms with van der Waals surface area (Å²) in [6, 6.07) is 0. The zero-order chi connectivity index (χ0) is 7.98. The molecule has 1 nitrogen and oxygen atoms in total. The second kappa shape index (κ2) is 5.21. The van der Waals surface area contributed by atoms with Gasteiger partial charge in [0.15, 0.2) is 0 Å². The summed E-state index contributed by atoms with van der Waals surface area (Å²) in [5, 5.41) is 0. The Morgan fingerprint density at radius 3 is 2.40 bits per heavy atom. The van der Waals surface area contributed by atoms with Crippen LogP contribution >= 0.6 is 0 Å². The zero-order valence-corrected chi connectivity index (χ0v) is 7.39. The Hall–Kier alpha value is -0.590. The van der Waals surface area contributed by atoms with Crippen LogP contribution in [0.3, 0.4) is 0 Å². The zero-order valence-electron chi connectivity index (χ0n) is 7.39. The molecule has 0 aliphatic carbocycles. The van der Waals surface area contributed by atoms with Crippen LogP contribution in [-0.2, 0) is 0 Å². The van der Waals surface area contributed by atoms with Gasteiger partial charge in [0.25, 0.3) is 0 Å². The third kappa shape index (κ3) is 3.44. The van der Waals surface area contributed by atoms with E-state index in [0.717, 1.165) is 6.42 Å². The topological polar surface area (TPSA) is 12.4 Å². The fourth-order valence-corrected chi connectivity index (χ4v) is 0.819. The highest BCUT2D eigenvalue weighted by Gasteiger charge is 1.98. The molecule has 0 aromatic heterocycles. The van der Waals surface area contributed by atoms with Crippen molar-refractivity contribution in [3.63, 3.8) is 0 Å². The van der Waals surface area contributed by atoms with Crippen LogP contribution in [0.5, 0.6) is 0 Å². The molecule has 0 rings (SSSR count). The van der Waals surface area contributed by atoms with Gasteiger partial charge in [0.1, 0.15) is 0 Å². The lowest BCUT2D eigenvalue weighted by Crippen LogP contribution is -2.04. The van der Waals surface area contributed by atoms with E-state index in [9.17, 15) is 0 Å². The summed E-state index contributed by atoms with van der Waals surface area (Å²) >= 11 is 0. The summed E-state index contributed by atoms with van der Waals surface area (Å²) in [5.74, 6) is 0.584. The minimum absolute atomic E-state index is 0.584. The first-order valence-electron chi connectivity index (χ1n) is 3.90. The highest BCUT2D eigenvalue weighted by molar-refractivity contribution is 5.86. The summed E-state index contributed by atoms with van der Waals surface area (Å²) in [7, 11) is 0. The van der Waals surface area contributed by atoms with Gasteiger partial charge in [-0.2, -0.15) is 0 Å². The van der Waals surface area contributed by atoms with Crippen molar-refractivity contribution in [2.45, 2.75) is 34.1 Å². The van der Waals surface area contributed by atoms with Crippen molar-refractivity contribution in [1.82, 2.24) is 0 Å². The van der Waals surface area contributed by atoms with Gasteiger partial charge in [0.2, 0.25) is 0 Å². The average molecular weight is 139 g/mol. The van der Waals surface area contributed by atoms with E-state index in [2.05, 4.69) is 25.8 Å². The monoisotopic (exact) mass is 139 g/mol. The Morgan fingerprint density at radius 2 is 2.10 bits per heavy atom. The number of allylic oxidation sites excluding steroid dienone is 1. The minimum atomic E-state index is 0.584. The van der Waals surface area contributed by atoms with Gasteiger partial charge in [-0.15, -0.1) is 0 Å². The number of aliphatic imine (C=N–C) groups is 1. The molecule has 1 heteroatoms. The van der Waals surface area contributed by atoms with Crippen LogP contribution in [0.1, 0.15) is 34.1 Å². The average Bonchev–Trinajstić information content (AvgIpc) is 1.89. The van der Waals surface area contributed by atoms with E-state index in [4.69, 9.17) is 0 Å². The molecular formula is C9H17N. The van der Waals surface area contributed by atoms with Crippen molar-refractivity contribution < 1.29 is 0 Å². The molecule has 0 aliphatic rings. The predicted octanol–water partition coefficient (Wildman–Crippen LogP) is 3.03. The quantitative estimate of drug-likeness (QED) is 0.533. The van der Waals surface area contributed by atoms with E-state index in [-0.39, 0.29) is 0 Å². The molecule has 0 radical (unpaired) electrons. The maximum Gasteiger partial charge on any atom is 0.0224 e. The first kappa shape index (κ1) is 9.41. The molecule has 0 atom stereocenters. The van der Waals surface area contributed by atoms with Crippen LogP contribution in [0.4, 0.5) is 0 Å². The first-order valence-corrected chi connectivity index (χ1v) is 3.90. The van der Waals surface area contributed by atoms with E-state index in [1.807, 2.05) is 19.2 Å². The lowest BCUT2D eigenvalue weighted by Gasteiger charge is -2.04. The van der Waals surface area contributed by atoms with Gasteiger partial charge in [-0.1, -0.05) is 26.8 Å². The molecule has 0 fully saturated rings. The van der Waals surface area contributed by atoms with Gasteiger partial charge in [0, 0.05) is 11.9 Å². The summed E-state index contributed by atoms with van der Waals surface area (Å²) in [6.45, 7) is 8.47. The molecule has 0 bridgehead atoms. The van der Waals surface area contributed by atoms with Gasteiger partial charge < -0.3 is 0 Å². The van der Waals surface area contributed by atoms with E-state index in [1.165, 1.54) is 5.71 Å². The highest BCUT2D eigenvalue weighted by Crippen LogP contribution is 2.01. The Kier molecular flexibility index (Phi) is 4.91. The largest absolute Gasteiger partial charge is 0.266 e. The minimum Gasteiger partial charge on any atom is -0.266 e. The van der Waals surface area contributed by atoms with Crippen LogP contribution in [0.25, 0.3) is 0 Å². The molecular weight excluding hydrogens is 122 g/mol. The molecule has 58 valence electrons. The highest BCUT2D eigenvalue weighted by atomic mass is 14.7. The van der Waals surface area contributed by atoms with Crippen LogP contribution in [0, 0.1) is 5.92 Å². The molecule has 0 amide bonds. The van der Waals surface area contributed by atoms with E-state index in [0.29, 0.717) is 5.92 Å². The summed E-state index contributed by atoms with van der Waals surface area (Å²) < 4.78 is 0. The van der Waals surface area contributed by atoms with E-state index >= 15 is 0 Å². The fraction of sp³-hybridized carbons (Fsp3) is 0.667. The third-order valence-corrected chi connectivity index (χ3v) is 1.42. The van der Waals surface area contributed by atoms with Crippen molar-refractivity contribution in [2.75, 3.05) is 0 Å². The van der Waals surface area contributed by atoms with Crippen molar-refractivity contribution >= 4 is 5.71 Å². The number of hydrogen-bond acceptors (Lipinski definition) is 1. The van der Waals surface area contributed by atoms with Crippen LogP contribution < -0.4 is 0 Å². The van der Waals surface area contributed by atoms with Crippen LogP contribution in [0.15, 0.2) is 17.3 Å². The molecule has 0 saturated heterocycles. The van der Waals surface area contributed by atoms with E-state index < -0.39 is 0 Å². The lowest BCUT2D eigenvalue weighted by molar-refractivity contribution is 0.857. The Bertz CT molecular complexity index is 132. The molecule has 0 aromatic carbocycles. The van der Waals surface area contributed by atoms with E-state index in [1.54, 1.807) is 0 Å². The van der Waals surface area contributed by atoms with Crippen LogP contribution in [0.2, 0.25) is 0 Å². The fourth-order valence-electron chi connectivity index (χ4n) is 0.819. The molecule has 0 aromatic rings. The van der Waals surface area contributed by atoms with Gasteiger partial charge >= 0.3 is 0 Å². The second-order valence-corrected chi connectivity index (χ2v) is 2.61. The molecule has 10 heavy (non-hydrogen) atoms. The SMILES string of the molecule is C/C=C\N=C(CC)C(C)C. The first-order chi connectivity index (χ1) is 4.72. The normalized spacial score (nSPS) is 13.5. The number of rotatable bonds is 3. The lowest BCUT2D eigenvalue weighted by atomic mass is 10.1. The molecule has 0 N–H and O–H groups in total. The van der Waals surface area contributed by atoms with Crippen molar-refractivity contribution in [1.29, 1.82) is 0 Å². The second-order valence-electron chi connectivity index (χ2n) is 2.61. The van der Waals surface area contributed by atoms with Crippen molar-refractivity contribution in [2.24, 2.45) is 10.9 Å². The Balaban J connectivity index is 4.04. The molecule has 0 heterocycles. The number of nitrogens with zero attached hydrogens (tertiary/aromatic N) is 1. The van der Waals surface area contributed by atoms with Gasteiger partial charge in [0.05, 0.1) is 0 Å². The standard InChI is InChI=1S/C9H17N/c1-5-7-10-9(6-2)8(3)4/h5,7-8H,6H2,1-4H3/b7-5-,10-9?. The Morgan fingerprint density at radius 1 is 1.50 bits per heavy atom. The molecule has 0 unspecified atom stereocenters. The molecule has 0 aliphatic heterocycles. The van der Waals surface area contributed by atoms with Crippen LogP contribution in [-0.4, -0.2) is 5.71 Å². The maximum atomic E-state index is 4.30. The van der Waals surface area contributed by atoms with Gasteiger partial charge in [-0.05, 0) is 19.3 Å². The molecule has 0 saturated carbocycles. The summed E-state index contributed by atoms with van der Waals surface area (Å²) in [5.41, 5.74) is 1.28.